The lowest BCUT2D eigenvalue weighted by Gasteiger charge is -2.23. The summed E-state index contributed by atoms with van der Waals surface area (Å²) in [5.41, 5.74) is 1.67. The summed E-state index contributed by atoms with van der Waals surface area (Å²) in [4.78, 5) is 14.5. The average Bonchev–Trinajstić information content (AvgIpc) is 2.67. The normalized spacial score (nSPS) is 10.2. The highest BCUT2D eigenvalue weighted by Gasteiger charge is 2.17. The van der Waals surface area contributed by atoms with E-state index in [-0.39, 0.29) is 6.03 Å². The van der Waals surface area contributed by atoms with E-state index in [1.165, 1.54) is 0 Å². The summed E-state index contributed by atoms with van der Waals surface area (Å²) in [5.74, 6) is 1.47. The van der Waals surface area contributed by atoms with Gasteiger partial charge in [0.25, 0.3) is 0 Å². The molecule has 0 bridgehead atoms. The van der Waals surface area contributed by atoms with E-state index in [9.17, 15) is 4.79 Å². The predicted octanol–water partition coefficient (Wildman–Crippen LogP) is 4.16. The molecule has 0 heterocycles. The summed E-state index contributed by atoms with van der Waals surface area (Å²) in [6, 6.07) is 13.2. The number of rotatable bonds is 8. The number of carbonyl (C=O) groups excluding carboxylic acids is 1. The molecule has 6 heteroatoms. The zero-order chi connectivity index (χ0) is 18.9. The van der Waals surface area contributed by atoms with E-state index >= 15 is 0 Å². The number of urea groups is 1. The van der Waals surface area contributed by atoms with Crippen molar-refractivity contribution >= 4 is 11.7 Å². The largest absolute Gasteiger partial charge is 0.493 e. The van der Waals surface area contributed by atoms with Crippen LogP contribution in [0.5, 0.6) is 17.2 Å². The number of hydrogen-bond acceptors (Lipinski definition) is 4. The maximum atomic E-state index is 12.8. The molecular formula is C20H26N2O4. The van der Waals surface area contributed by atoms with Crippen molar-refractivity contribution in [2.75, 3.05) is 33.2 Å². The minimum atomic E-state index is -0.176. The van der Waals surface area contributed by atoms with Gasteiger partial charge in [-0.05, 0) is 12.0 Å². The van der Waals surface area contributed by atoms with Crippen molar-refractivity contribution in [3.8, 4) is 17.2 Å². The van der Waals surface area contributed by atoms with Gasteiger partial charge in [0.15, 0.2) is 11.5 Å². The van der Waals surface area contributed by atoms with Crippen LogP contribution in [0.4, 0.5) is 10.5 Å². The van der Waals surface area contributed by atoms with Crippen LogP contribution in [-0.4, -0.2) is 38.8 Å². The lowest BCUT2D eigenvalue weighted by Crippen LogP contribution is -2.35. The highest BCUT2D eigenvalue weighted by molar-refractivity contribution is 5.90. The fraction of sp³-hybridized carbons (Fsp3) is 0.350. The lowest BCUT2D eigenvalue weighted by atomic mass is 10.2. The van der Waals surface area contributed by atoms with Crippen LogP contribution in [0, 0.1) is 0 Å². The van der Waals surface area contributed by atoms with Crippen LogP contribution in [-0.2, 0) is 6.54 Å². The molecule has 0 saturated heterocycles. The number of carbonyl (C=O) groups is 1. The van der Waals surface area contributed by atoms with Gasteiger partial charge in [-0.15, -0.1) is 0 Å². The third kappa shape index (κ3) is 4.81. The van der Waals surface area contributed by atoms with E-state index in [0.717, 1.165) is 12.0 Å². The summed E-state index contributed by atoms with van der Waals surface area (Å²) in [6.45, 7) is 3.25. The number of amides is 2. The molecule has 0 aliphatic carbocycles. The Morgan fingerprint density at radius 1 is 1.00 bits per heavy atom. The first kappa shape index (κ1) is 19.4. The molecule has 0 spiro atoms. The minimum absolute atomic E-state index is 0.176. The standard InChI is InChI=1S/C20H26N2O4/c1-5-11-22(14-15-9-7-6-8-10-15)20(23)21-16-12-17(24-2)19(26-4)18(13-16)25-3/h6-10,12-13H,5,11,14H2,1-4H3,(H,21,23). The molecule has 26 heavy (non-hydrogen) atoms. The van der Waals surface area contributed by atoms with Crippen molar-refractivity contribution in [1.29, 1.82) is 0 Å². The van der Waals surface area contributed by atoms with Gasteiger partial charge in [0.2, 0.25) is 5.75 Å². The zero-order valence-corrected chi connectivity index (χ0v) is 15.7. The second-order valence-corrected chi connectivity index (χ2v) is 5.75. The highest BCUT2D eigenvalue weighted by atomic mass is 16.5. The van der Waals surface area contributed by atoms with Gasteiger partial charge >= 0.3 is 6.03 Å². The van der Waals surface area contributed by atoms with Gasteiger partial charge in [0.1, 0.15) is 0 Å². The Morgan fingerprint density at radius 3 is 2.12 bits per heavy atom. The fourth-order valence-corrected chi connectivity index (χ4v) is 2.68. The molecule has 0 atom stereocenters. The van der Waals surface area contributed by atoms with Gasteiger partial charge in [0.05, 0.1) is 27.0 Å². The van der Waals surface area contributed by atoms with Gasteiger partial charge < -0.3 is 24.4 Å². The summed E-state index contributed by atoms with van der Waals surface area (Å²) in [5, 5.41) is 2.92. The van der Waals surface area contributed by atoms with Gasteiger partial charge in [0, 0.05) is 25.2 Å². The maximum Gasteiger partial charge on any atom is 0.322 e. The average molecular weight is 358 g/mol. The van der Waals surface area contributed by atoms with Crippen LogP contribution in [0.15, 0.2) is 42.5 Å². The molecule has 140 valence electrons. The van der Waals surface area contributed by atoms with E-state index in [1.807, 2.05) is 37.3 Å². The summed E-state index contributed by atoms with van der Waals surface area (Å²) < 4.78 is 16.0. The molecule has 0 fully saturated rings. The number of nitrogens with one attached hydrogen (secondary N) is 1. The van der Waals surface area contributed by atoms with Crippen LogP contribution < -0.4 is 19.5 Å². The molecule has 0 saturated carbocycles. The predicted molar refractivity (Wildman–Crippen MR) is 102 cm³/mol. The Balaban J connectivity index is 2.20. The van der Waals surface area contributed by atoms with Crippen LogP contribution in [0.1, 0.15) is 18.9 Å². The number of benzene rings is 2. The van der Waals surface area contributed by atoms with Gasteiger partial charge in [-0.2, -0.15) is 0 Å². The Bertz CT molecular complexity index is 694. The molecule has 1 N–H and O–H groups in total. The number of anilines is 1. The Morgan fingerprint density at radius 2 is 1.62 bits per heavy atom. The van der Waals surface area contributed by atoms with Crippen LogP contribution >= 0.6 is 0 Å². The Kier molecular flexibility index (Phi) is 7.14. The van der Waals surface area contributed by atoms with Crippen molar-refractivity contribution in [3.63, 3.8) is 0 Å². The monoisotopic (exact) mass is 358 g/mol. The van der Waals surface area contributed by atoms with Crippen molar-refractivity contribution in [2.45, 2.75) is 19.9 Å². The molecular weight excluding hydrogens is 332 g/mol. The molecule has 2 rings (SSSR count). The van der Waals surface area contributed by atoms with E-state index in [0.29, 0.717) is 36.0 Å². The van der Waals surface area contributed by atoms with Crippen LogP contribution in [0.2, 0.25) is 0 Å². The molecule has 0 radical (unpaired) electrons. The molecule has 6 nitrogen and oxygen atoms in total. The molecule has 0 aliphatic heterocycles. The van der Waals surface area contributed by atoms with E-state index in [4.69, 9.17) is 14.2 Å². The zero-order valence-electron chi connectivity index (χ0n) is 15.7. The summed E-state index contributed by atoms with van der Waals surface area (Å²) in [6.07, 6.45) is 0.871. The first-order valence-corrected chi connectivity index (χ1v) is 8.52. The molecule has 2 amide bonds. The number of methoxy groups -OCH3 is 3. The smallest absolute Gasteiger partial charge is 0.322 e. The van der Waals surface area contributed by atoms with E-state index in [2.05, 4.69) is 5.32 Å². The Hall–Kier alpha value is -2.89. The van der Waals surface area contributed by atoms with Crippen LogP contribution in [0.25, 0.3) is 0 Å². The van der Waals surface area contributed by atoms with E-state index in [1.54, 1.807) is 38.4 Å². The van der Waals surface area contributed by atoms with Gasteiger partial charge in [-0.3, -0.25) is 0 Å². The topological polar surface area (TPSA) is 60.0 Å². The third-order valence-corrected chi connectivity index (χ3v) is 3.91. The molecule has 2 aromatic rings. The summed E-state index contributed by atoms with van der Waals surface area (Å²) >= 11 is 0. The first-order valence-electron chi connectivity index (χ1n) is 8.52. The first-order chi connectivity index (χ1) is 12.6. The lowest BCUT2D eigenvalue weighted by molar-refractivity contribution is 0.209. The summed E-state index contributed by atoms with van der Waals surface area (Å²) in [7, 11) is 4.63. The second kappa shape index (κ2) is 9.56. The number of nitrogens with zero attached hydrogens (tertiary/aromatic N) is 1. The Labute approximate surface area is 154 Å². The van der Waals surface area contributed by atoms with Crippen molar-refractivity contribution in [2.24, 2.45) is 0 Å². The van der Waals surface area contributed by atoms with Gasteiger partial charge in [-0.25, -0.2) is 4.79 Å². The quantitative estimate of drug-likeness (QED) is 0.770. The van der Waals surface area contributed by atoms with Crippen molar-refractivity contribution in [3.05, 3.63) is 48.0 Å². The minimum Gasteiger partial charge on any atom is -0.493 e. The fourth-order valence-electron chi connectivity index (χ4n) is 2.68. The van der Waals surface area contributed by atoms with Crippen LogP contribution in [0.3, 0.4) is 0 Å². The SMILES string of the molecule is CCCN(Cc1ccccc1)C(=O)Nc1cc(OC)c(OC)c(OC)c1. The van der Waals surface area contributed by atoms with Gasteiger partial charge in [-0.1, -0.05) is 37.3 Å². The molecule has 0 aliphatic rings. The molecule has 0 unspecified atom stereocenters. The van der Waals surface area contributed by atoms with Crippen molar-refractivity contribution in [1.82, 2.24) is 4.90 Å². The van der Waals surface area contributed by atoms with Crippen molar-refractivity contribution < 1.29 is 19.0 Å². The molecule has 0 aromatic heterocycles. The second-order valence-electron chi connectivity index (χ2n) is 5.75. The van der Waals surface area contributed by atoms with E-state index < -0.39 is 0 Å². The number of hydrogen-bond donors (Lipinski definition) is 1. The highest BCUT2D eigenvalue weighted by Crippen LogP contribution is 2.40. The third-order valence-electron chi connectivity index (χ3n) is 3.91. The molecule has 2 aromatic carbocycles. The maximum absolute atomic E-state index is 12.8. The number of ether oxygens (including phenoxy) is 3.